The van der Waals surface area contributed by atoms with Gasteiger partial charge in [-0.25, -0.2) is 0 Å². The SMILES string of the molecule is CC(=O)N[C@H]1[C@H](O[C@H]2[C@H](O[C@@H]3O[C@@H](C)[C@@H](O)[C@@H](O)[C@@H]3O)[C@@H](NC(C)=O)C(O)O[C@@H]2CO[C@@H]2O[C@@H](C)[C@@H](O)[C@@H](O)[C@@H]2O)O[C@H](CO)[C@@H](O[C@@H]2O[C@H](CO[C@H]3O[C@H](CO)[C@@H](O)[C@H](O)[C@@H]3O[C@@H]3O[C@H](CO)[C@@H](O)[C@H](O)[C@H]3NC(C)=O)[C@@H](O)[C@H](O[C@H]3O[C@H](CO)[C@@H](O)[C@H](O)[C@@H]3O)[C@@H]2O)[C@@H]1O. The number of aliphatic hydroxyl groups excluding tert-OH is 21. The van der Waals surface area contributed by atoms with Crippen molar-refractivity contribution in [3.8, 4) is 0 Å². The first-order chi connectivity index (χ1) is 45.3. The molecule has 8 saturated heterocycles. The third-order valence-corrected chi connectivity index (χ3v) is 17.7. The van der Waals surface area contributed by atoms with Crippen molar-refractivity contribution < 1.29 is 193 Å². The smallest absolute Gasteiger partial charge is 0.217 e. The van der Waals surface area contributed by atoms with Gasteiger partial charge < -0.3 is 194 Å². The van der Waals surface area contributed by atoms with Gasteiger partial charge in [0.15, 0.2) is 50.3 Å². The van der Waals surface area contributed by atoms with Gasteiger partial charge in [0.1, 0.15) is 183 Å². The number of aliphatic hydroxyl groups is 21. The van der Waals surface area contributed by atoms with E-state index in [1.54, 1.807) is 0 Å². The van der Waals surface area contributed by atoms with Crippen LogP contribution in [0.4, 0.5) is 0 Å². The summed E-state index contributed by atoms with van der Waals surface area (Å²) in [5.41, 5.74) is 0. The Bertz CT molecular complexity index is 2470. The van der Waals surface area contributed by atoms with E-state index in [0.717, 1.165) is 20.8 Å². The summed E-state index contributed by atoms with van der Waals surface area (Å²) < 4.78 is 88.9. The fourth-order valence-electron chi connectivity index (χ4n) is 12.4. The fraction of sp³-hybridized carbons (Fsp3) is 0.944. The van der Waals surface area contributed by atoms with E-state index in [1.807, 2.05) is 0 Å². The van der Waals surface area contributed by atoms with Crippen molar-refractivity contribution in [3.05, 3.63) is 0 Å². The Morgan fingerprint density at radius 3 is 1.20 bits per heavy atom. The molecule has 42 heteroatoms. The number of carbonyl (C=O) groups is 3. The van der Waals surface area contributed by atoms with E-state index < -0.39 is 303 Å². The molecule has 0 radical (unpaired) electrons. The first-order valence-electron chi connectivity index (χ1n) is 30.8. The quantitative estimate of drug-likeness (QED) is 0.0452. The van der Waals surface area contributed by atoms with Gasteiger partial charge in [-0.3, -0.25) is 14.4 Å². The average Bonchev–Trinajstić information content (AvgIpc) is 0.773. The van der Waals surface area contributed by atoms with Crippen molar-refractivity contribution in [3.63, 3.8) is 0 Å². The molecule has 0 aromatic rings. The monoisotopic (exact) mass is 1410 g/mol. The van der Waals surface area contributed by atoms with Gasteiger partial charge in [-0.2, -0.15) is 0 Å². The topological polar surface area (TPSA) is 651 Å². The Labute approximate surface area is 545 Å². The minimum Gasteiger partial charge on any atom is -0.394 e. The average molecular weight is 1410 g/mol. The van der Waals surface area contributed by atoms with Crippen LogP contribution < -0.4 is 16.0 Å². The summed E-state index contributed by atoms with van der Waals surface area (Å²) in [6.07, 6.45) is -71.9. The molecule has 96 heavy (non-hydrogen) atoms. The fourth-order valence-corrected chi connectivity index (χ4v) is 12.4. The van der Waals surface area contributed by atoms with E-state index in [-0.39, 0.29) is 0 Å². The second-order valence-electron chi connectivity index (χ2n) is 24.6. The normalized spacial score (nSPS) is 50.3. The second-order valence-corrected chi connectivity index (χ2v) is 24.6. The third-order valence-electron chi connectivity index (χ3n) is 17.7. The molecule has 0 aromatic heterocycles. The van der Waals surface area contributed by atoms with Gasteiger partial charge in [0.25, 0.3) is 0 Å². The third kappa shape index (κ3) is 17.2. The molecule has 40 atom stereocenters. The Morgan fingerprint density at radius 1 is 0.292 bits per heavy atom. The largest absolute Gasteiger partial charge is 0.394 e. The van der Waals surface area contributed by atoms with Gasteiger partial charge in [0.05, 0.1) is 51.8 Å². The summed E-state index contributed by atoms with van der Waals surface area (Å²) in [4.78, 5) is 38.3. The molecular weight excluding hydrogens is 1310 g/mol. The van der Waals surface area contributed by atoms with Crippen LogP contribution in [0.3, 0.4) is 0 Å². The number of nitrogens with one attached hydrogen (secondary N) is 3. The van der Waals surface area contributed by atoms with Crippen LogP contribution in [0, 0.1) is 0 Å². The Balaban J connectivity index is 1.12. The summed E-state index contributed by atoms with van der Waals surface area (Å²) in [5.74, 6) is -2.61. The van der Waals surface area contributed by atoms with E-state index in [1.165, 1.54) is 13.8 Å². The van der Waals surface area contributed by atoms with Crippen LogP contribution in [0.15, 0.2) is 0 Å². The zero-order valence-corrected chi connectivity index (χ0v) is 52.1. The van der Waals surface area contributed by atoms with E-state index in [2.05, 4.69) is 16.0 Å². The van der Waals surface area contributed by atoms with Crippen LogP contribution in [-0.2, 0) is 85.4 Å². The van der Waals surface area contributed by atoms with Crippen LogP contribution in [0.2, 0.25) is 0 Å². The molecule has 0 aromatic carbocycles. The molecular formula is C54H91N3O39. The van der Waals surface area contributed by atoms with Gasteiger partial charge in [0.2, 0.25) is 17.7 Å². The molecule has 3 amide bonds. The molecule has 8 fully saturated rings. The van der Waals surface area contributed by atoms with E-state index in [9.17, 15) is 122 Å². The Kier molecular flexibility index (Phi) is 27.7. The Hall–Kier alpha value is -3.03. The van der Waals surface area contributed by atoms with Crippen LogP contribution in [-0.4, -0.2) is 410 Å². The van der Waals surface area contributed by atoms with Gasteiger partial charge in [-0.1, -0.05) is 0 Å². The first-order valence-corrected chi connectivity index (χ1v) is 30.8. The highest BCUT2D eigenvalue weighted by Crippen LogP contribution is 2.39. The van der Waals surface area contributed by atoms with E-state index >= 15 is 0 Å². The number of carbonyl (C=O) groups excluding carboxylic acids is 3. The number of hydrogen-bond donors (Lipinski definition) is 24. The highest BCUT2D eigenvalue weighted by molar-refractivity contribution is 5.74. The maximum Gasteiger partial charge on any atom is 0.217 e. The number of hydrogen-bond acceptors (Lipinski definition) is 39. The number of ether oxygens (including phenoxy) is 15. The second kappa shape index (κ2) is 33.8. The van der Waals surface area contributed by atoms with Gasteiger partial charge in [-0.05, 0) is 13.8 Å². The summed E-state index contributed by atoms with van der Waals surface area (Å²) in [5, 5.41) is 238. The molecule has 0 spiro atoms. The zero-order chi connectivity index (χ0) is 70.8. The lowest BCUT2D eigenvalue weighted by atomic mass is 9.93. The lowest BCUT2D eigenvalue weighted by Gasteiger charge is -2.51. The van der Waals surface area contributed by atoms with E-state index in [4.69, 9.17) is 71.1 Å². The van der Waals surface area contributed by atoms with Gasteiger partial charge >= 0.3 is 0 Å². The minimum absolute atomic E-state index is 0.801. The van der Waals surface area contributed by atoms with E-state index in [0.29, 0.717) is 0 Å². The predicted octanol–water partition coefficient (Wildman–Crippen LogP) is -16.0. The summed E-state index contributed by atoms with van der Waals surface area (Å²) in [7, 11) is 0. The van der Waals surface area contributed by atoms with Crippen molar-refractivity contribution in [2.45, 2.75) is 280 Å². The molecule has 0 saturated carbocycles. The highest BCUT2D eigenvalue weighted by atomic mass is 16.8. The van der Waals surface area contributed by atoms with Gasteiger partial charge in [-0.15, -0.1) is 0 Å². The highest BCUT2D eigenvalue weighted by Gasteiger charge is 2.59. The van der Waals surface area contributed by atoms with Crippen molar-refractivity contribution in [1.29, 1.82) is 0 Å². The first kappa shape index (κ1) is 78.7. The lowest BCUT2D eigenvalue weighted by Crippen LogP contribution is -2.71. The predicted molar refractivity (Wildman–Crippen MR) is 296 cm³/mol. The van der Waals surface area contributed by atoms with Crippen molar-refractivity contribution >= 4 is 17.7 Å². The maximum atomic E-state index is 13.2. The molecule has 0 bridgehead atoms. The number of amides is 3. The molecule has 8 heterocycles. The summed E-state index contributed by atoms with van der Waals surface area (Å²) in [6, 6.07) is -5.42. The molecule has 1 unspecified atom stereocenters. The summed E-state index contributed by atoms with van der Waals surface area (Å²) in [6.45, 7) is -0.473. The molecule has 8 rings (SSSR count). The molecule has 24 N–H and O–H groups in total. The molecule has 556 valence electrons. The van der Waals surface area contributed by atoms with Crippen LogP contribution in [0.25, 0.3) is 0 Å². The maximum absolute atomic E-state index is 13.2. The lowest BCUT2D eigenvalue weighted by molar-refractivity contribution is -0.390. The van der Waals surface area contributed by atoms with Crippen LogP contribution >= 0.6 is 0 Å². The molecule has 8 aliphatic heterocycles. The standard InChI is InChI=1S/C54H91N3O39/c1-12-26(65)34(73)38(77)50(84-12)82-11-22-43(44(25(47(81)86-22)57-16(5)64)94-51-39(78)35(74)27(66)13(2)85-51)93-49-24(56-15(4)63)33(72)42(20(9-61)90-49)92-53-41(80)45(95-52-40(79)36(75)29(68)18(7-59)88-52)31(70)21(91-53)10-83-54-46(37(76)30(69)19(8-60)89-54)96-48-23(55-14(3)62)32(71)28(67)17(6-58)87-48/h12-13,17-54,58-61,65-81H,6-11H2,1-5H3,(H,55,62)(H,56,63)(H,57,64)/t12-,13-,17+,18+,19+,20+,21+,22+,23+,24+,25+,26+,27+,28+,29+,30+,31+,32+,33+,34+,35+,36-,37-,38-,39-,40-,41-,42+,43+,44+,45-,46-,47?,48-,49-,50+,51-,52+,53-,54-/m0/s1. The number of rotatable bonds is 23. The molecule has 8 aliphatic rings. The van der Waals surface area contributed by atoms with Crippen molar-refractivity contribution in [1.82, 2.24) is 16.0 Å². The van der Waals surface area contributed by atoms with Crippen molar-refractivity contribution in [2.24, 2.45) is 0 Å². The molecule has 0 aliphatic carbocycles. The zero-order valence-electron chi connectivity index (χ0n) is 52.1. The van der Waals surface area contributed by atoms with Crippen LogP contribution in [0.1, 0.15) is 34.6 Å². The Morgan fingerprint density at radius 2 is 0.656 bits per heavy atom. The molecule has 42 nitrogen and oxygen atoms in total. The van der Waals surface area contributed by atoms with Crippen molar-refractivity contribution in [2.75, 3.05) is 39.6 Å². The van der Waals surface area contributed by atoms with Gasteiger partial charge in [0, 0.05) is 20.8 Å². The van der Waals surface area contributed by atoms with Crippen LogP contribution in [0.5, 0.6) is 0 Å². The minimum atomic E-state index is -2.40. The summed E-state index contributed by atoms with van der Waals surface area (Å²) >= 11 is 0.